The zero-order valence-corrected chi connectivity index (χ0v) is 16.2. The molecule has 0 spiro atoms. The molecule has 2 atom stereocenters. The highest BCUT2D eigenvalue weighted by molar-refractivity contribution is 5.85. The molecule has 0 saturated carbocycles. The Morgan fingerprint density at radius 2 is 1.93 bits per heavy atom. The van der Waals surface area contributed by atoms with Crippen LogP contribution in [0.1, 0.15) is 18.5 Å². The lowest BCUT2D eigenvalue weighted by Crippen LogP contribution is -2.52. The number of hydrogen-bond acceptors (Lipinski definition) is 4. The Kier molecular flexibility index (Phi) is 7.45. The smallest absolute Gasteiger partial charge is 0.263 e. The van der Waals surface area contributed by atoms with Crippen molar-refractivity contribution in [2.45, 2.75) is 19.1 Å². The van der Waals surface area contributed by atoms with E-state index in [-0.39, 0.29) is 30.2 Å². The SMILES string of the molecule is COc1ccccc1C1CNCCN1C(=O)C(C)Oc1ccc(F)cc1.Cl. The number of benzene rings is 2. The molecule has 1 heterocycles. The van der Waals surface area contributed by atoms with E-state index in [1.807, 2.05) is 29.2 Å². The summed E-state index contributed by atoms with van der Waals surface area (Å²) in [5.74, 6) is 0.781. The summed E-state index contributed by atoms with van der Waals surface area (Å²) in [5.41, 5.74) is 0.963. The number of carbonyl (C=O) groups is 1. The van der Waals surface area contributed by atoms with Gasteiger partial charge in [0.2, 0.25) is 0 Å². The maximum absolute atomic E-state index is 13.0. The maximum Gasteiger partial charge on any atom is 0.263 e. The van der Waals surface area contributed by atoms with E-state index >= 15 is 0 Å². The molecule has 5 nitrogen and oxygen atoms in total. The standard InChI is InChI=1S/C20H23FN2O3.ClH/c1-14(26-16-9-7-15(21)8-10-16)20(24)23-12-11-22-13-18(23)17-5-3-4-6-19(17)25-2;/h3-10,14,18,22H,11-13H2,1-2H3;1H. The molecular weight excluding hydrogens is 371 g/mol. The van der Waals surface area contributed by atoms with E-state index in [1.54, 1.807) is 14.0 Å². The molecule has 1 aliphatic heterocycles. The number of nitrogens with one attached hydrogen (secondary N) is 1. The molecule has 1 fully saturated rings. The number of rotatable bonds is 5. The van der Waals surface area contributed by atoms with E-state index in [9.17, 15) is 9.18 Å². The Hall–Kier alpha value is -2.31. The van der Waals surface area contributed by atoms with Gasteiger partial charge >= 0.3 is 0 Å². The zero-order valence-electron chi connectivity index (χ0n) is 15.4. The molecule has 7 heteroatoms. The fraction of sp³-hybridized carbons (Fsp3) is 0.350. The Balaban J connectivity index is 0.00000261. The van der Waals surface area contributed by atoms with E-state index in [0.717, 1.165) is 17.9 Å². The number of para-hydroxylation sites is 1. The second kappa shape index (κ2) is 9.58. The minimum absolute atomic E-state index is 0. The van der Waals surface area contributed by atoms with E-state index in [1.165, 1.54) is 24.3 Å². The van der Waals surface area contributed by atoms with Crippen molar-refractivity contribution in [1.82, 2.24) is 10.2 Å². The van der Waals surface area contributed by atoms with Crippen molar-refractivity contribution >= 4 is 18.3 Å². The van der Waals surface area contributed by atoms with Crippen LogP contribution in [-0.4, -0.2) is 43.7 Å². The van der Waals surface area contributed by atoms with Crippen molar-refractivity contribution in [1.29, 1.82) is 0 Å². The Labute approximate surface area is 164 Å². The first kappa shape index (κ1) is 21.0. The maximum atomic E-state index is 13.0. The molecule has 0 bridgehead atoms. The molecular formula is C20H24ClFN2O3. The van der Waals surface area contributed by atoms with Gasteiger partial charge < -0.3 is 19.7 Å². The van der Waals surface area contributed by atoms with Crippen molar-refractivity contribution in [3.05, 3.63) is 59.9 Å². The van der Waals surface area contributed by atoms with Crippen molar-refractivity contribution in [3.8, 4) is 11.5 Å². The van der Waals surface area contributed by atoms with Crippen molar-refractivity contribution in [2.24, 2.45) is 0 Å². The highest BCUT2D eigenvalue weighted by atomic mass is 35.5. The summed E-state index contributed by atoms with van der Waals surface area (Å²) in [6.07, 6.45) is -0.671. The van der Waals surface area contributed by atoms with Crippen molar-refractivity contribution in [3.63, 3.8) is 0 Å². The summed E-state index contributed by atoms with van der Waals surface area (Å²) in [5, 5.41) is 3.33. The Bertz CT molecular complexity index is 757. The molecule has 0 aromatic heterocycles. The average molecular weight is 395 g/mol. The lowest BCUT2D eigenvalue weighted by atomic mass is 10.0. The van der Waals surface area contributed by atoms with Crippen LogP contribution in [0.4, 0.5) is 4.39 Å². The monoisotopic (exact) mass is 394 g/mol. The molecule has 2 aromatic rings. The van der Waals surface area contributed by atoms with Gasteiger partial charge in [-0.1, -0.05) is 18.2 Å². The normalized spacial score (nSPS) is 17.6. The Morgan fingerprint density at radius 3 is 2.63 bits per heavy atom. The molecule has 1 amide bonds. The van der Waals surface area contributed by atoms with Gasteiger partial charge in [-0.05, 0) is 37.3 Å². The highest BCUT2D eigenvalue weighted by Gasteiger charge is 2.32. The number of carbonyl (C=O) groups excluding carboxylic acids is 1. The number of halogens is 2. The molecule has 3 rings (SSSR count). The molecule has 0 aliphatic carbocycles. The predicted molar refractivity (Wildman–Crippen MR) is 104 cm³/mol. The third-order valence-electron chi connectivity index (χ3n) is 4.50. The fourth-order valence-electron chi connectivity index (χ4n) is 3.19. The average Bonchev–Trinajstić information content (AvgIpc) is 2.69. The van der Waals surface area contributed by atoms with E-state index in [2.05, 4.69) is 5.32 Å². The van der Waals surface area contributed by atoms with Gasteiger partial charge in [-0.2, -0.15) is 0 Å². The molecule has 1 N–H and O–H groups in total. The van der Waals surface area contributed by atoms with Gasteiger partial charge in [-0.3, -0.25) is 4.79 Å². The van der Waals surface area contributed by atoms with Crippen LogP contribution >= 0.6 is 12.4 Å². The summed E-state index contributed by atoms with van der Waals surface area (Å²) in [6, 6.07) is 13.3. The third kappa shape index (κ3) is 4.90. The molecule has 2 unspecified atom stereocenters. The van der Waals surface area contributed by atoms with E-state index in [0.29, 0.717) is 18.8 Å². The van der Waals surface area contributed by atoms with Gasteiger partial charge in [-0.15, -0.1) is 12.4 Å². The minimum atomic E-state index is -0.671. The van der Waals surface area contributed by atoms with Gasteiger partial charge in [0.15, 0.2) is 6.10 Å². The number of nitrogens with zero attached hydrogens (tertiary/aromatic N) is 1. The van der Waals surface area contributed by atoms with E-state index < -0.39 is 6.10 Å². The van der Waals surface area contributed by atoms with Crippen molar-refractivity contribution in [2.75, 3.05) is 26.7 Å². The first-order valence-corrected chi connectivity index (χ1v) is 8.66. The first-order chi connectivity index (χ1) is 12.6. The second-order valence-corrected chi connectivity index (χ2v) is 6.21. The summed E-state index contributed by atoms with van der Waals surface area (Å²) in [4.78, 5) is 14.8. The summed E-state index contributed by atoms with van der Waals surface area (Å²) in [6.45, 7) is 3.67. The van der Waals surface area contributed by atoms with Crippen LogP contribution in [0.3, 0.4) is 0 Å². The number of hydrogen-bond donors (Lipinski definition) is 1. The van der Waals surface area contributed by atoms with Crippen LogP contribution in [0.2, 0.25) is 0 Å². The third-order valence-corrected chi connectivity index (χ3v) is 4.50. The molecule has 1 saturated heterocycles. The van der Waals surface area contributed by atoms with Crippen LogP contribution < -0.4 is 14.8 Å². The summed E-state index contributed by atoms with van der Waals surface area (Å²) >= 11 is 0. The van der Waals surface area contributed by atoms with Crippen LogP contribution in [0, 0.1) is 5.82 Å². The topological polar surface area (TPSA) is 50.8 Å². The molecule has 2 aromatic carbocycles. The fourth-order valence-corrected chi connectivity index (χ4v) is 3.19. The van der Waals surface area contributed by atoms with Crippen LogP contribution in [0.25, 0.3) is 0 Å². The van der Waals surface area contributed by atoms with Gasteiger partial charge in [0.05, 0.1) is 13.2 Å². The molecule has 146 valence electrons. The first-order valence-electron chi connectivity index (χ1n) is 8.66. The minimum Gasteiger partial charge on any atom is -0.496 e. The number of piperazine rings is 1. The summed E-state index contributed by atoms with van der Waals surface area (Å²) < 4.78 is 24.2. The lowest BCUT2D eigenvalue weighted by molar-refractivity contribution is -0.141. The highest BCUT2D eigenvalue weighted by Crippen LogP contribution is 2.30. The van der Waals surface area contributed by atoms with Gasteiger partial charge in [0, 0.05) is 25.2 Å². The van der Waals surface area contributed by atoms with Crippen molar-refractivity contribution < 1.29 is 18.7 Å². The van der Waals surface area contributed by atoms with Gasteiger partial charge in [-0.25, -0.2) is 4.39 Å². The van der Waals surface area contributed by atoms with Crippen LogP contribution in [0.15, 0.2) is 48.5 Å². The van der Waals surface area contributed by atoms with Crippen LogP contribution in [0.5, 0.6) is 11.5 Å². The number of methoxy groups -OCH3 is 1. The molecule has 27 heavy (non-hydrogen) atoms. The lowest BCUT2D eigenvalue weighted by Gasteiger charge is -2.38. The Morgan fingerprint density at radius 1 is 1.22 bits per heavy atom. The van der Waals surface area contributed by atoms with Gasteiger partial charge in [0.25, 0.3) is 5.91 Å². The van der Waals surface area contributed by atoms with Gasteiger partial charge in [0.1, 0.15) is 17.3 Å². The molecule has 0 radical (unpaired) electrons. The molecule has 1 aliphatic rings. The quantitative estimate of drug-likeness (QED) is 0.846. The predicted octanol–water partition coefficient (Wildman–Crippen LogP) is 3.20. The number of ether oxygens (including phenoxy) is 2. The van der Waals surface area contributed by atoms with Crippen LogP contribution in [-0.2, 0) is 4.79 Å². The second-order valence-electron chi connectivity index (χ2n) is 6.21. The zero-order chi connectivity index (χ0) is 18.5. The number of amides is 1. The summed E-state index contributed by atoms with van der Waals surface area (Å²) in [7, 11) is 1.63. The van der Waals surface area contributed by atoms with E-state index in [4.69, 9.17) is 9.47 Å². The largest absolute Gasteiger partial charge is 0.496 e.